The van der Waals surface area contributed by atoms with E-state index >= 15 is 0 Å². The number of nitrogens with two attached hydrogens (primary N) is 1. The Morgan fingerprint density at radius 2 is 2.00 bits per heavy atom. The van der Waals surface area contributed by atoms with Crippen LogP contribution < -0.4 is 5.73 Å². The fraction of sp³-hybridized carbons (Fsp3) is 0.571. The van der Waals surface area contributed by atoms with Crippen LogP contribution in [0.3, 0.4) is 0 Å². The third kappa shape index (κ3) is 1.50. The molecule has 10 heavy (non-hydrogen) atoms. The number of hydrogen-bond donors (Lipinski definition) is 1. The Balaban J connectivity index is 2.40. The zero-order valence-corrected chi connectivity index (χ0v) is 5.97. The lowest BCUT2D eigenvalue weighted by Gasteiger charge is -2.25. The smallest absolute Gasteiger partial charge is 0.314 e. The number of carbonyl (C=O) groups excluding carboxylic acids is 1. The Labute approximate surface area is 60.5 Å². The first-order valence-corrected chi connectivity index (χ1v) is 3.41. The molecule has 0 unspecified atom stereocenters. The van der Waals surface area contributed by atoms with Crippen molar-refractivity contribution in [1.29, 1.82) is 0 Å². The highest BCUT2D eigenvalue weighted by atomic mass is 16.2. The van der Waals surface area contributed by atoms with Crippen LogP contribution in [-0.2, 0) is 0 Å². The quantitative estimate of drug-likeness (QED) is 0.495. The van der Waals surface area contributed by atoms with Crippen molar-refractivity contribution < 1.29 is 4.79 Å². The molecule has 2 amide bonds. The zero-order valence-electron chi connectivity index (χ0n) is 5.97. The van der Waals surface area contributed by atoms with E-state index in [2.05, 4.69) is 6.58 Å². The first-order valence-electron chi connectivity index (χ1n) is 3.41. The van der Waals surface area contributed by atoms with E-state index < -0.39 is 0 Å². The first-order chi connectivity index (χ1) is 4.70. The second kappa shape index (κ2) is 2.73. The topological polar surface area (TPSA) is 46.3 Å². The molecule has 56 valence electrons. The number of primary amides is 1. The molecular weight excluding hydrogens is 128 g/mol. The van der Waals surface area contributed by atoms with E-state index in [-0.39, 0.29) is 6.03 Å². The summed E-state index contributed by atoms with van der Waals surface area (Å²) in [5, 5.41) is 0. The number of hydrogen-bond acceptors (Lipinski definition) is 1. The van der Waals surface area contributed by atoms with Crippen LogP contribution in [0, 0.1) is 0 Å². The summed E-state index contributed by atoms with van der Waals surface area (Å²) in [6, 6.07) is -0.312. The van der Waals surface area contributed by atoms with Crippen molar-refractivity contribution in [2.45, 2.75) is 12.8 Å². The lowest BCUT2D eigenvalue weighted by Crippen LogP contribution is -2.39. The number of piperidine rings is 1. The molecule has 1 aliphatic heterocycles. The normalized spacial score (nSPS) is 19.2. The molecule has 0 bridgehead atoms. The van der Waals surface area contributed by atoms with E-state index in [0.717, 1.165) is 25.9 Å². The van der Waals surface area contributed by atoms with Crippen LogP contribution in [-0.4, -0.2) is 24.0 Å². The highest BCUT2D eigenvalue weighted by molar-refractivity contribution is 5.72. The highest BCUT2D eigenvalue weighted by Crippen LogP contribution is 2.12. The van der Waals surface area contributed by atoms with Gasteiger partial charge in [0, 0.05) is 13.1 Å². The van der Waals surface area contributed by atoms with Crippen molar-refractivity contribution in [2.75, 3.05) is 13.1 Å². The second-order valence-electron chi connectivity index (χ2n) is 2.58. The van der Waals surface area contributed by atoms with Gasteiger partial charge in [0.25, 0.3) is 0 Å². The van der Waals surface area contributed by atoms with Crippen molar-refractivity contribution in [2.24, 2.45) is 5.73 Å². The Hall–Kier alpha value is -0.990. The highest BCUT2D eigenvalue weighted by Gasteiger charge is 2.14. The maximum Gasteiger partial charge on any atom is 0.314 e. The number of likely N-dealkylation sites (tertiary alicyclic amines) is 1. The number of carbonyl (C=O) groups is 1. The van der Waals surface area contributed by atoms with Gasteiger partial charge in [0.2, 0.25) is 0 Å². The van der Waals surface area contributed by atoms with Crippen LogP contribution in [0.15, 0.2) is 12.2 Å². The van der Waals surface area contributed by atoms with Crippen LogP contribution in [0.25, 0.3) is 0 Å². The Morgan fingerprint density at radius 3 is 2.40 bits per heavy atom. The molecule has 0 saturated carbocycles. The molecule has 1 heterocycles. The SMILES string of the molecule is C=C1CCN(C(N)=O)CC1. The molecule has 0 aromatic heterocycles. The summed E-state index contributed by atoms with van der Waals surface area (Å²) >= 11 is 0. The minimum Gasteiger partial charge on any atom is -0.351 e. The molecule has 0 radical (unpaired) electrons. The number of nitrogens with zero attached hydrogens (tertiary/aromatic N) is 1. The van der Waals surface area contributed by atoms with Crippen LogP contribution in [0.2, 0.25) is 0 Å². The lowest BCUT2D eigenvalue weighted by atomic mass is 10.1. The van der Waals surface area contributed by atoms with Crippen molar-refractivity contribution in [3.8, 4) is 0 Å². The molecule has 0 aliphatic carbocycles. The third-order valence-electron chi connectivity index (χ3n) is 1.78. The van der Waals surface area contributed by atoms with E-state index in [1.807, 2.05) is 0 Å². The summed E-state index contributed by atoms with van der Waals surface area (Å²) in [5.74, 6) is 0. The molecule has 0 atom stereocenters. The van der Waals surface area contributed by atoms with Crippen molar-refractivity contribution in [3.05, 3.63) is 12.2 Å². The fourth-order valence-corrected chi connectivity index (χ4v) is 1.04. The van der Waals surface area contributed by atoms with E-state index in [4.69, 9.17) is 5.73 Å². The maximum absolute atomic E-state index is 10.6. The Kier molecular flexibility index (Phi) is 1.94. The van der Waals surface area contributed by atoms with Gasteiger partial charge in [-0.2, -0.15) is 0 Å². The molecule has 2 N–H and O–H groups in total. The van der Waals surface area contributed by atoms with Gasteiger partial charge in [0.1, 0.15) is 0 Å². The fourth-order valence-electron chi connectivity index (χ4n) is 1.04. The Morgan fingerprint density at radius 1 is 1.50 bits per heavy atom. The summed E-state index contributed by atoms with van der Waals surface area (Å²) in [5.41, 5.74) is 6.29. The lowest BCUT2D eigenvalue weighted by molar-refractivity contribution is 0.203. The van der Waals surface area contributed by atoms with Crippen LogP contribution in [0.5, 0.6) is 0 Å². The van der Waals surface area contributed by atoms with Gasteiger partial charge in [-0.1, -0.05) is 12.2 Å². The minimum atomic E-state index is -0.312. The van der Waals surface area contributed by atoms with Crippen LogP contribution in [0.1, 0.15) is 12.8 Å². The van der Waals surface area contributed by atoms with Gasteiger partial charge in [-0.25, -0.2) is 4.79 Å². The average Bonchev–Trinajstić information content (AvgIpc) is 1.88. The van der Waals surface area contributed by atoms with Crippen molar-refractivity contribution >= 4 is 6.03 Å². The molecular formula is C7H12N2O. The largest absolute Gasteiger partial charge is 0.351 e. The summed E-state index contributed by atoms with van der Waals surface area (Å²) in [7, 11) is 0. The number of amides is 2. The van der Waals surface area contributed by atoms with Crippen LogP contribution in [0.4, 0.5) is 4.79 Å². The van der Waals surface area contributed by atoms with E-state index in [1.165, 1.54) is 5.57 Å². The molecule has 0 spiro atoms. The van der Waals surface area contributed by atoms with E-state index in [0.29, 0.717) is 0 Å². The van der Waals surface area contributed by atoms with Crippen molar-refractivity contribution in [1.82, 2.24) is 4.90 Å². The molecule has 1 rings (SSSR count). The monoisotopic (exact) mass is 140 g/mol. The summed E-state index contributed by atoms with van der Waals surface area (Å²) in [6.45, 7) is 5.32. The number of rotatable bonds is 0. The second-order valence-corrected chi connectivity index (χ2v) is 2.58. The number of urea groups is 1. The molecule has 1 fully saturated rings. The molecule has 0 aromatic rings. The van der Waals surface area contributed by atoms with Gasteiger partial charge >= 0.3 is 6.03 Å². The third-order valence-corrected chi connectivity index (χ3v) is 1.78. The van der Waals surface area contributed by atoms with Gasteiger partial charge in [0.05, 0.1) is 0 Å². The van der Waals surface area contributed by atoms with E-state index in [1.54, 1.807) is 4.90 Å². The summed E-state index contributed by atoms with van der Waals surface area (Å²) < 4.78 is 0. The maximum atomic E-state index is 10.6. The van der Waals surface area contributed by atoms with Gasteiger partial charge < -0.3 is 10.6 Å². The van der Waals surface area contributed by atoms with Gasteiger partial charge in [-0.15, -0.1) is 0 Å². The molecule has 0 aromatic carbocycles. The van der Waals surface area contributed by atoms with Gasteiger partial charge in [0.15, 0.2) is 0 Å². The predicted molar refractivity (Wildman–Crippen MR) is 39.5 cm³/mol. The molecule has 1 saturated heterocycles. The van der Waals surface area contributed by atoms with E-state index in [9.17, 15) is 4.79 Å². The molecule has 3 nitrogen and oxygen atoms in total. The summed E-state index contributed by atoms with van der Waals surface area (Å²) in [6.07, 6.45) is 1.81. The predicted octanol–water partition coefficient (Wildman–Crippen LogP) is 0.717. The van der Waals surface area contributed by atoms with Gasteiger partial charge in [-0.05, 0) is 12.8 Å². The first kappa shape index (κ1) is 7.12. The van der Waals surface area contributed by atoms with Gasteiger partial charge in [-0.3, -0.25) is 0 Å². The summed E-state index contributed by atoms with van der Waals surface area (Å²) in [4.78, 5) is 12.2. The molecule has 1 aliphatic rings. The Bertz CT molecular complexity index is 155. The van der Waals surface area contributed by atoms with Crippen LogP contribution >= 0.6 is 0 Å². The zero-order chi connectivity index (χ0) is 7.56. The standard InChI is InChI=1S/C7H12N2O/c1-6-2-4-9(5-3-6)7(8)10/h1-5H2,(H2,8,10). The van der Waals surface area contributed by atoms with Crippen molar-refractivity contribution in [3.63, 3.8) is 0 Å². The minimum absolute atomic E-state index is 0.312. The average molecular weight is 140 g/mol. The molecule has 3 heteroatoms.